The summed E-state index contributed by atoms with van der Waals surface area (Å²) < 4.78 is 0. The predicted octanol–water partition coefficient (Wildman–Crippen LogP) is 2.63. The molecule has 0 aliphatic heterocycles. The minimum atomic E-state index is -1.00. The van der Waals surface area contributed by atoms with E-state index < -0.39 is 5.97 Å². The van der Waals surface area contributed by atoms with Gasteiger partial charge in [-0.1, -0.05) is 20.3 Å². The molecular formula is C12H18N2O2. The SMILES string of the molecule is CCC(C)C(C)Nc1ccnc(C(=O)O)c1. The second-order valence-corrected chi connectivity index (χ2v) is 4.05. The van der Waals surface area contributed by atoms with Gasteiger partial charge in [0, 0.05) is 17.9 Å². The zero-order valence-corrected chi connectivity index (χ0v) is 9.90. The quantitative estimate of drug-likeness (QED) is 0.804. The van der Waals surface area contributed by atoms with E-state index in [1.54, 1.807) is 12.1 Å². The standard InChI is InChI=1S/C12H18N2O2/c1-4-8(2)9(3)14-10-5-6-13-11(7-10)12(15)16/h5-9H,4H2,1-3H3,(H,13,14)(H,15,16). The van der Waals surface area contributed by atoms with E-state index >= 15 is 0 Å². The zero-order chi connectivity index (χ0) is 12.1. The highest BCUT2D eigenvalue weighted by Crippen LogP contribution is 2.15. The second kappa shape index (κ2) is 5.49. The molecule has 88 valence electrons. The average molecular weight is 222 g/mol. The van der Waals surface area contributed by atoms with Crippen molar-refractivity contribution in [2.75, 3.05) is 5.32 Å². The molecule has 2 atom stereocenters. The first-order valence-corrected chi connectivity index (χ1v) is 5.50. The van der Waals surface area contributed by atoms with E-state index in [1.807, 2.05) is 0 Å². The van der Waals surface area contributed by atoms with E-state index in [4.69, 9.17) is 5.11 Å². The van der Waals surface area contributed by atoms with Gasteiger partial charge in [0.25, 0.3) is 0 Å². The topological polar surface area (TPSA) is 62.2 Å². The molecule has 0 fully saturated rings. The Morgan fingerprint density at radius 3 is 2.81 bits per heavy atom. The number of nitrogens with one attached hydrogen (secondary N) is 1. The smallest absolute Gasteiger partial charge is 0.354 e. The Labute approximate surface area is 95.7 Å². The van der Waals surface area contributed by atoms with Crippen LogP contribution in [0.25, 0.3) is 0 Å². The Morgan fingerprint density at radius 1 is 1.56 bits per heavy atom. The molecule has 16 heavy (non-hydrogen) atoms. The van der Waals surface area contributed by atoms with E-state index in [0.29, 0.717) is 12.0 Å². The first-order valence-electron chi connectivity index (χ1n) is 5.50. The first kappa shape index (κ1) is 12.5. The second-order valence-electron chi connectivity index (χ2n) is 4.05. The van der Waals surface area contributed by atoms with Gasteiger partial charge in [0.05, 0.1) is 0 Å². The van der Waals surface area contributed by atoms with Crippen molar-refractivity contribution in [3.05, 3.63) is 24.0 Å². The van der Waals surface area contributed by atoms with Crippen molar-refractivity contribution in [1.29, 1.82) is 0 Å². The highest BCUT2D eigenvalue weighted by atomic mass is 16.4. The molecule has 0 aromatic carbocycles. The van der Waals surface area contributed by atoms with Gasteiger partial charge in [0.2, 0.25) is 0 Å². The van der Waals surface area contributed by atoms with Gasteiger partial charge in [-0.15, -0.1) is 0 Å². The average Bonchev–Trinajstić information content (AvgIpc) is 2.28. The molecule has 4 heteroatoms. The highest BCUT2D eigenvalue weighted by Gasteiger charge is 2.11. The van der Waals surface area contributed by atoms with Crippen LogP contribution in [0.4, 0.5) is 5.69 Å². The molecule has 1 heterocycles. The number of aromatic carboxylic acids is 1. The molecule has 1 aromatic heterocycles. The van der Waals surface area contributed by atoms with Gasteiger partial charge in [-0.3, -0.25) is 0 Å². The number of carbonyl (C=O) groups is 1. The van der Waals surface area contributed by atoms with Crippen LogP contribution >= 0.6 is 0 Å². The summed E-state index contributed by atoms with van der Waals surface area (Å²) >= 11 is 0. The predicted molar refractivity (Wildman–Crippen MR) is 63.7 cm³/mol. The number of aromatic nitrogens is 1. The summed E-state index contributed by atoms with van der Waals surface area (Å²) in [5.41, 5.74) is 0.876. The van der Waals surface area contributed by atoms with Crippen molar-refractivity contribution in [3.63, 3.8) is 0 Å². The normalized spacial score (nSPS) is 14.2. The number of carboxylic acids is 1. The van der Waals surface area contributed by atoms with E-state index in [2.05, 4.69) is 31.1 Å². The lowest BCUT2D eigenvalue weighted by Crippen LogP contribution is -2.23. The summed E-state index contributed by atoms with van der Waals surface area (Å²) in [4.78, 5) is 14.5. The number of rotatable bonds is 5. The third-order valence-corrected chi connectivity index (χ3v) is 2.87. The molecule has 2 N–H and O–H groups in total. The fourth-order valence-corrected chi connectivity index (χ4v) is 1.40. The van der Waals surface area contributed by atoms with Crippen molar-refractivity contribution in [3.8, 4) is 0 Å². The summed E-state index contributed by atoms with van der Waals surface area (Å²) in [5.74, 6) is -0.457. The lowest BCUT2D eigenvalue weighted by molar-refractivity contribution is 0.0690. The molecule has 0 aliphatic rings. The summed E-state index contributed by atoms with van der Waals surface area (Å²) in [5, 5.41) is 12.1. The Balaban J connectivity index is 2.74. The molecule has 0 spiro atoms. The van der Waals surface area contributed by atoms with Crippen LogP contribution in [0, 0.1) is 5.92 Å². The number of hydrogen-bond acceptors (Lipinski definition) is 3. The van der Waals surface area contributed by atoms with Crippen molar-refractivity contribution < 1.29 is 9.90 Å². The third-order valence-electron chi connectivity index (χ3n) is 2.87. The van der Waals surface area contributed by atoms with Crippen LogP contribution in [-0.2, 0) is 0 Å². The highest BCUT2D eigenvalue weighted by molar-refractivity contribution is 5.86. The van der Waals surface area contributed by atoms with Crippen LogP contribution in [0.2, 0.25) is 0 Å². The lowest BCUT2D eigenvalue weighted by atomic mass is 10.0. The Morgan fingerprint density at radius 2 is 2.25 bits per heavy atom. The minimum Gasteiger partial charge on any atom is -0.477 e. The Bertz CT molecular complexity index is 366. The Hall–Kier alpha value is -1.58. The molecule has 0 radical (unpaired) electrons. The molecule has 1 aromatic rings. The number of anilines is 1. The van der Waals surface area contributed by atoms with Gasteiger partial charge in [-0.2, -0.15) is 0 Å². The monoisotopic (exact) mass is 222 g/mol. The number of nitrogens with zero attached hydrogens (tertiary/aromatic N) is 1. The molecule has 0 saturated heterocycles. The maximum Gasteiger partial charge on any atom is 0.354 e. The van der Waals surface area contributed by atoms with Gasteiger partial charge in [-0.25, -0.2) is 9.78 Å². The van der Waals surface area contributed by atoms with Crippen molar-refractivity contribution in [2.45, 2.75) is 33.2 Å². The molecule has 2 unspecified atom stereocenters. The van der Waals surface area contributed by atoms with Gasteiger partial charge in [0.15, 0.2) is 0 Å². The van der Waals surface area contributed by atoms with Gasteiger partial charge in [-0.05, 0) is 25.0 Å². The maximum absolute atomic E-state index is 10.7. The number of hydrogen-bond donors (Lipinski definition) is 2. The minimum absolute atomic E-state index is 0.0707. The summed E-state index contributed by atoms with van der Waals surface area (Å²) in [6, 6.07) is 3.65. The van der Waals surface area contributed by atoms with Crippen molar-refractivity contribution in [2.24, 2.45) is 5.92 Å². The van der Waals surface area contributed by atoms with Crippen molar-refractivity contribution in [1.82, 2.24) is 4.98 Å². The first-order chi connectivity index (χ1) is 7.54. The molecule has 0 amide bonds. The molecular weight excluding hydrogens is 204 g/mol. The summed E-state index contributed by atoms with van der Waals surface area (Å²) in [7, 11) is 0. The van der Waals surface area contributed by atoms with E-state index in [9.17, 15) is 4.79 Å². The van der Waals surface area contributed by atoms with Crippen LogP contribution in [0.15, 0.2) is 18.3 Å². The third kappa shape index (κ3) is 3.22. The Kier molecular flexibility index (Phi) is 4.28. The fourth-order valence-electron chi connectivity index (χ4n) is 1.40. The molecule has 1 rings (SSSR count). The zero-order valence-electron chi connectivity index (χ0n) is 9.90. The largest absolute Gasteiger partial charge is 0.477 e. The van der Waals surface area contributed by atoms with Crippen LogP contribution in [-0.4, -0.2) is 22.1 Å². The van der Waals surface area contributed by atoms with Gasteiger partial charge in [0.1, 0.15) is 5.69 Å². The van der Waals surface area contributed by atoms with Crippen LogP contribution in [0.1, 0.15) is 37.7 Å². The van der Waals surface area contributed by atoms with Crippen LogP contribution < -0.4 is 5.32 Å². The van der Waals surface area contributed by atoms with Crippen molar-refractivity contribution >= 4 is 11.7 Å². The van der Waals surface area contributed by atoms with Crippen LogP contribution in [0.5, 0.6) is 0 Å². The van der Waals surface area contributed by atoms with Crippen LogP contribution in [0.3, 0.4) is 0 Å². The maximum atomic E-state index is 10.7. The molecule has 0 aliphatic carbocycles. The molecule has 0 bridgehead atoms. The molecule has 0 saturated carbocycles. The lowest BCUT2D eigenvalue weighted by Gasteiger charge is -2.21. The van der Waals surface area contributed by atoms with E-state index in [1.165, 1.54) is 6.20 Å². The number of carboxylic acid groups (broad SMARTS) is 1. The van der Waals surface area contributed by atoms with E-state index in [-0.39, 0.29) is 5.69 Å². The molecule has 4 nitrogen and oxygen atoms in total. The van der Waals surface area contributed by atoms with Gasteiger partial charge >= 0.3 is 5.97 Å². The van der Waals surface area contributed by atoms with E-state index in [0.717, 1.165) is 12.1 Å². The van der Waals surface area contributed by atoms with Gasteiger partial charge < -0.3 is 10.4 Å². The summed E-state index contributed by atoms with van der Waals surface area (Å²) in [6.45, 7) is 6.39. The summed E-state index contributed by atoms with van der Waals surface area (Å²) in [6.07, 6.45) is 2.60. The number of pyridine rings is 1. The fraction of sp³-hybridized carbons (Fsp3) is 0.500.